The molecule has 4 nitrogen and oxygen atoms in total. The first-order valence-corrected chi connectivity index (χ1v) is 8.92. The molecule has 0 radical (unpaired) electrons. The fraction of sp³-hybridized carbons (Fsp3) is 0.316. The van der Waals surface area contributed by atoms with Gasteiger partial charge in [-0.15, -0.1) is 11.3 Å². The summed E-state index contributed by atoms with van der Waals surface area (Å²) in [6.45, 7) is 1.77. The van der Waals surface area contributed by atoms with Gasteiger partial charge in [0.05, 0.1) is 12.8 Å². The van der Waals surface area contributed by atoms with Gasteiger partial charge in [0.15, 0.2) is 0 Å². The van der Waals surface area contributed by atoms with Gasteiger partial charge in [0.2, 0.25) is 5.91 Å². The summed E-state index contributed by atoms with van der Waals surface area (Å²) >= 11 is 1.74. The van der Waals surface area contributed by atoms with Crippen LogP contribution in [0.15, 0.2) is 52.5 Å². The zero-order chi connectivity index (χ0) is 17.0. The molecule has 0 saturated carbocycles. The Morgan fingerprint density at radius 2 is 2.12 bits per heavy atom. The molecule has 0 aliphatic heterocycles. The molecule has 0 spiro atoms. The summed E-state index contributed by atoms with van der Waals surface area (Å²) in [6, 6.07) is 11.8. The Hall–Kier alpha value is -2.11. The fourth-order valence-electron chi connectivity index (χ4n) is 2.70. The maximum atomic E-state index is 12.0. The number of rotatable bonds is 7. The van der Waals surface area contributed by atoms with Crippen molar-refractivity contribution in [2.45, 2.75) is 31.8 Å². The summed E-state index contributed by atoms with van der Waals surface area (Å²) in [7, 11) is 0. The maximum absolute atomic E-state index is 12.0. The number of hydrogen-bond acceptors (Lipinski definition) is 4. The van der Waals surface area contributed by atoms with Crippen LogP contribution in [0.3, 0.4) is 0 Å². The lowest BCUT2D eigenvalue weighted by molar-refractivity contribution is -0.122. The zero-order valence-corrected chi connectivity index (χ0v) is 14.4. The number of carbonyl (C=O) groups is 1. The van der Waals surface area contributed by atoms with E-state index in [1.807, 2.05) is 12.1 Å². The zero-order valence-electron chi connectivity index (χ0n) is 13.6. The van der Waals surface area contributed by atoms with E-state index in [9.17, 15) is 9.90 Å². The molecule has 2 N–H and O–H groups in total. The smallest absolute Gasteiger partial charge is 0.220 e. The number of hydrogen-bond donors (Lipinski definition) is 2. The third-order valence-corrected chi connectivity index (χ3v) is 5.11. The molecule has 5 heteroatoms. The van der Waals surface area contributed by atoms with Crippen molar-refractivity contribution >= 4 is 27.3 Å². The Balaban J connectivity index is 1.46. The van der Waals surface area contributed by atoms with E-state index < -0.39 is 5.60 Å². The number of benzene rings is 1. The number of nitrogens with one attached hydrogen (secondary N) is 1. The number of fused-ring (bicyclic) bond motifs is 1. The molecule has 1 unspecified atom stereocenters. The summed E-state index contributed by atoms with van der Waals surface area (Å²) < 4.78 is 6.49. The molecule has 3 aromatic rings. The van der Waals surface area contributed by atoms with Crippen molar-refractivity contribution in [3.63, 3.8) is 0 Å². The van der Waals surface area contributed by atoms with Crippen LogP contribution in [0.1, 0.15) is 31.1 Å². The highest BCUT2D eigenvalue weighted by Crippen LogP contribution is 2.26. The lowest BCUT2D eigenvalue weighted by atomic mass is 10.0. The van der Waals surface area contributed by atoms with Crippen molar-refractivity contribution in [3.8, 4) is 0 Å². The lowest BCUT2D eigenvalue weighted by Crippen LogP contribution is -2.38. The fourth-order valence-corrected chi connectivity index (χ4v) is 3.69. The summed E-state index contributed by atoms with van der Waals surface area (Å²) in [5.41, 5.74) is 0.105. The predicted octanol–water partition coefficient (Wildman–Crippen LogP) is 3.84. The van der Waals surface area contributed by atoms with Crippen LogP contribution < -0.4 is 5.32 Å². The van der Waals surface area contributed by atoms with Crippen LogP contribution in [0.25, 0.3) is 10.1 Å². The van der Waals surface area contributed by atoms with Gasteiger partial charge in [-0.3, -0.25) is 4.79 Å². The van der Waals surface area contributed by atoms with Crippen LogP contribution >= 0.6 is 11.3 Å². The highest BCUT2D eigenvalue weighted by molar-refractivity contribution is 7.17. The van der Waals surface area contributed by atoms with Crippen molar-refractivity contribution in [1.29, 1.82) is 0 Å². The van der Waals surface area contributed by atoms with Crippen molar-refractivity contribution in [2.75, 3.05) is 6.54 Å². The molecule has 126 valence electrons. The molecule has 2 heterocycles. The monoisotopic (exact) mass is 343 g/mol. The quantitative estimate of drug-likeness (QED) is 0.685. The van der Waals surface area contributed by atoms with Crippen LogP contribution in [0, 0.1) is 0 Å². The normalized spacial score (nSPS) is 13.8. The van der Waals surface area contributed by atoms with Crippen molar-refractivity contribution < 1.29 is 14.3 Å². The Kier molecular flexibility index (Phi) is 5.02. The second-order valence-electron chi connectivity index (χ2n) is 6.14. The third-order valence-electron chi connectivity index (χ3n) is 4.09. The number of amides is 1. The van der Waals surface area contributed by atoms with Gasteiger partial charge < -0.3 is 14.8 Å². The molecule has 3 rings (SSSR count). The van der Waals surface area contributed by atoms with E-state index in [1.54, 1.807) is 30.4 Å². The average Bonchev–Trinajstić information content (AvgIpc) is 3.24. The average molecular weight is 343 g/mol. The summed E-state index contributed by atoms with van der Waals surface area (Å²) in [5.74, 6) is 0.397. The molecule has 1 atom stereocenters. The Bertz CT molecular complexity index is 805. The number of aliphatic hydroxyl groups is 1. The predicted molar refractivity (Wildman–Crippen MR) is 96.1 cm³/mol. The second kappa shape index (κ2) is 7.20. The third kappa shape index (κ3) is 3.86. The standard InChI is InChI=1S/C19H21NO3S/c1-19(22,17-9-5-11-23-17)13-20-18(21)10-4-6-14-12-24-16-8-3-2-7-15(14)16/h2-3,5,7-9,11-12,22H,4,6,10,13H2,1H3,(H,20,21). The first-order chi connectivity index (χ1) is 11.6. The van der Waals surface area contributed by atoms with Crippen LogP contribution in [0.5, 0.6) is 0 Å². The van der Waals surface area contributed by atoms with E-state index >= 15 is 0 Å². The Morgan fingerprint density at radius 3 is 2.92 bits per heavy atom. The first kappa shape index (κ1) is 16.7. The van der Waals surface area contributed by atoms with Gasteiger partial charge in [-0.1, -0.05) is 18.2 Å². The first-order valence-electron chi connectivity index (χ1n) is 8.04. The van der Waals surface area contributed by atoms with Crippen LogP contribution in [-0.2, 0) is 16.8 Å². The van der Waals surface area contributed by atoms with E-state index in [0.717, 1.165) is 12.8 Å². The number of carbonyl (C=O) groups excluding carboxylic acids is 1. The molecule has 0 aliphatic rings. The van der Waals surface area contributed by atoms with E-state index in [2.05, 4.69) is 22.8 Å². The lowest BCUT2D eigenvalue weighted by Gasteiger charge is -2.21. The van der Waals surface area contributed by atoms with Gasteiger partial charge in [-0.05, 0) is 54.3 Å². The van der Waals surface area contributed by atoms with E-state index in [1.165, 1.54) is 21.9 Å². The SMILES string of the molecule is CC(O)(CNC(=O)CCCc1csc2ccccc12)c1ccco1. The van der Waals surface area contributed by atoms with Gasteiger partial charge in [-0.2, -0.15) is 0 Å². The number of thiophene rings is 1. The molecular weight excluding hydrogens is 322 g/mol. The molecule has 0 fully saturated rings. The van der Waals surface area contributed by atoms with Crippen LogP contribution in [0.4, 0.5) is 0 Å². The summed E-state index contributed by atoms with van der Waals surface area (Å²) in [5, 5.41) is 16.5. The number of aryl methyl sites for hydroxylation is 1. The van der Waals surface area contributed by atoms with Crippen molar-refractivity contribution in [2.24, 2.45) is 0 Å². The molecule has 1 aromatic carbocycles. The highest BCUT2D eigenvalue weighted by atomic mass is 32.1. The topological polar surface area (TPSA) is 62.5 Å². The maximum Gasteiger partial charge on any atom is 0.220 e. The molecule has 2 aromatic heterocycles. The van der Waals surface area contributed by atoms with Gasteiger partial charge >= 0.3 is 0 Å². The van der Waals surface area contributed by atoms with E-state index in [-0.39, 0.29) is 12.5 Å². The minimum absolute atomic E-state index is 0.0543. The summed E-state index contributed by atoms with van der Waals surface area (Å²) in [6.07, 6.45) is 3.62. The Morgan fingerprint density at radius 1 is 1.29 bits per heavy atom. The van der Waals surface area contributed by atoms with E-state index in [0.29, 0.717) is 12.2 Å². The number of furan rings is 1. The minimum Gasteiger partial charge on any atom is -0.466 e. The molecule has 0 aliphatic carbocycles. The minimum atomic E-state index is -1.19. The van der Waals surface area contributed by atoms with Crippen molar-refractivity contribution in [1.82, 2.24) is 5.32 Å². The summed E-state index contributed by atoms with van der Waals surface area (Å²) in [4.78, 5) is 12.0. The van der Waals surface area contributed by atoms with Gasteiger partial charge in [0.1, 0.15) is 11.4 Å². The van der Waals surface area contributed by atoms with Crippen LogP contribution in [0.2, 0.25) is 0 Å². The van der Waals surface area contributed by atoms with Crippen LogP contribution in [-0.4, -0.2) is 17.6 Å². The largest absolute Gasteiger partial charge is 0.466 e. The molecule has 0 saturated heterocycles. The molecule has 1 amide bonds. The molecule has 0 bridgehead atoms. The molecule has 24 heavy (non-hydrogen) atoms. The second-order valence-corrected chi connectivity index (χ2v) is 7.05. The van der Waals surface area contributed by atoms with Gasteiger partial charge in [0.25, 0.3) is 0 Å². The Labute approximate surface area is 145 Å². The van der Waals surface area contributed by atoms with Crippen molar-refractivity contribution in [3.05, 3.63) is 59.4 Å². The highest BCUT2D eigenvalue weighted by Gasteiger charge is 2.26. The van der Waals surface area contributed by atoms with E-state index in [4.69, 9.17) is 4.42 Å². The van der Waals surface area contributed by atoms with Gasteiger partial charge in [-0.25, -0.2) is 0 Å². The molecular formula is C19H21NO3S. The van der Waals surface area contributed by atoms with Gasteiger partial charge in [0, 0.05) is 11.1 Å².